The third-order valence-electron chi connectivity index (χ3n) is 5.24. The van der Waals surface area contributed by atoms with Crippen molar-refractivity contribution >= 4 is 34.7 Å². The zero-order chi connectivity index (χ0) is 21.6. The van der Waals surface area contributed by atoms with E-state index in [0.29, 0.717) is 15.5 Å². The highest BCUT2D eigenvalue weighted by Crippen LogP contribution is 2.50. The Labute approximate surface area is 176 Å². The van der Waals surface area contributed by atoms with E-state index in [4.69, 9.17) is 23.8 Å². The molecular weight excluding hydrogens is 425 g/mol. The van der Waals surface area contributed by atoms with Crippen LogP contribution < -0.4 is 0 Å². The smallest absolute Gasteiger partial charge is 0.363 e. The molecule has 9 heteroatoms. The van der Waals surface area contributed by atoms with Gasteiger partial charge < -0.3 is 14.9 Å². The number of aliphatic hydroxyl groups is 1. The number of carbonyl (C=O) groups excluding carboxylic acids is 1. The van der Waals surface area contributed by atoms with Crippen LogP contribution in [0.15, 0.2) is 54.6 Å². The van der Waals surface area contributed by atoms with Gasteiger partial charge in [0.25, 0.3) is 5.72 Å². The number of rotatable bonds is 3. The van der Waals surface area contributed by atoms with Gasteiger partial charge in [-0.1, -0.05) is 54.1 Å². The van der Waals surface area contributed by atoms with E-state index in [1.54, 1.807) is 18.2 Å². The Bertz CT molecular complexity index is 924. The fourth-order valence-corrected chi connectivity index (χ4v) is 4.08. The first kappa shape index (κ1) is 21.5. The Morgan fingerprint density at radius 1 is 1.10 bits per heavy atom. The molecule has 0 aliphatic carbocycles. The highest BCUT2D eigenvalue weighted by atomic mass is 35.5. The number of alkyl halides is 3. The Balaban J connectivity index is 2.26. The van der Waals surface area contributed by atoms with Crippen LogP contribution in [0.1, 0.15) is 22.0 Å². The average Bonchev–Trinajstić information content (AvgIpc) is 2.69. The molecule has 154 valence electrons. The molecule has 3 rings (SSSR count). The second-order valence-corrected chi connectivity index (χ2v) is 7.68. The SMILES string of the molecule is CN1C(=S)N(C)C(O)(C(F)(F)F)C(C(=O)c2ccccc2)C1c1ccc(Cl)cc1. The number of thiocarbonyl (C=S) groups is 1. The van der Waals surface area contributed by atoms with Crippen molar-refractivity contribution in [2.24, 2.45) is 5.92 Å². The summed E-state index contributed by atoms with van der Waals surface area (Å²) in [5, 5.41) is 11.1. The third-order valence-corrected chi connectivity index (χ3v) is 6.05. The first-order valence-electron chi connectivity index (χ1n) is 8.64. The Hall–Kier alpha value is -2.16. The molecule has 0 amide bonds. The molecule has 0 saturated carbocycles. The first-order valence-corrected chi connectivity index (χ1v) is 9.43. The van der Waals surface area contributed by atoms with Gasteiger partial charge in [0.2, 0.25) is 0 Å². The molecule has 29 heavy (non-hydrogen) atoms. The largest absolute Gasteiger partial charge is 0.437 e. The fourth-order valence-electron chi connectivity index (χ4n) is 3.70. The number of Topliss-reactive ketones (excluding diaryl/α,β-unsaturated/α-hetero) is 1. The second-order valence-electron chi connectivity index (χ2n) is 6.88. The zero-order valence-corrected chi connectivity index (χ0v) is 17.1. The van der Waals surface area contributed by atoms with Gasteiger partial charge in [0.1, 0.15) is 5.92 Å². The molecule has 1 N–H and O–H groups in total. The lowest BCUT2D eigenvalue weighted by Gasteiger charge is -2.54. The van der Waals surface area contributed by atoms with Crippen LogP contribution in [0.25, 0.3) is 0 Å². The van der Waals surface area contributed by atoms with Gasteiger partial charge in [-0.3, -0.25) is 4.79 Å². The van der Waals surface area contributed by atoms with Gasteiger partial charge in [-0.05, 0) is 29.9 Å². The van der Waals surface area contributed by atoms with Crippen molar-refractivity contribution in [1.29, 1.82) is 0 Å². The summed E-state index contributed by atoms with van der Waals surface area (Å²) in [6, 6.07) is 12.5. The number of halogens is 4. The second kappa shape index (κ2) is 7.59. The molecule has 0 spiro atoms. The van der Waals surface area contributed by atoms with E-state index in [9.17, 15) is 23.1 Å². The van der Waals surface area contributed by atoms with Crippen LogP contribution in [0.4, 0.5) is 13.2 Å². The van der Waals surface area contributed by atoms with E-state index in [0.717, 1.165) is 7.05 Å². The molecule has 3 atom stereocenters. The molecule has 0 aromatic heterocycles. The van der Waals surface area contributed by atoms with E-state index >= 15 is 0 Å². The van der Waals surface area contributed by atoms with Gasteiger partial charge in [-0.2, -0.15) is 13.2 Å². The van der Waals surface area contributed by atoms with Gasteiger partial charge in [0, 0.05) is 24.7 Å². The molecule has 2 aromatic carbocycles. The summed E-state index contributed by atoms with van der Waals surface area (Å²) in [4.78, 5) is 15.3. The van der Waals surface area contributed by atoms with Crippen LogP contribution in [0, 0.1) is 5.92 Å². The predicted molar refractivity (Wildman–Crippen MR) is 108 cm³/mol. The molecule has 2 aromatic rings. The molecule has 1 aliphatic rings. The molecule has 3 unspecified atom stereocenters. The quantitative estimate of drug-likeness (QED) is 0.567. The van der Waals surface area contributed by atoms with Gasteiger partial charge >= 0.3 is 6.18 Å². The van der Waals surface area contributed by atoms with Crippen LogP contribution in [0.5, 0.6) is 0 Å². The number of hydrogen-bond donors (Lipinski definition) is 1. The summed E-state index contributed by atoms with van der Waals surface area (Å²) in [7, 11) is 2.54. The minimum Gasteiger partial charge on any atom is -0.363 e. The van der Waals surface area contributed by atoms with Crippen molar-refractivity contribution in [1.82, 2.24) is 9.80 Å². The van der Waals surface area contributed by atoms with E-state index in [-0.39, 0.29) is 10.7 Å². The average molecular weight is 443 g/mol. The maximum absolute atomic E-state index is 14.2. The van der Waals surface area contributed by atoms with E-state index < -0.39 is 29.6 Å². The zero-order valence-electron chi connectivity index (χ0n) is 15.5. The summed E-state index contributed by atoms with van der Waals surface area (Å²) in [6.45, 7) is 0. The molecule has 1 aliphatic heterocycles. The summed E-state index contributed by atoms with van der Waals surface area (Å²) in [6.07, 6.45) is -5.15. The van der Waals surface area contributed by atoms with Gasteiger partial charge in [-0.15, -0.1) is 0 Å². The number of benzene rings is 2. The first-order chi connectivity index (χ1) is 13.5. The summed E-state index contributed by atoms with van der Waals surface area (Å²) in [5.74, 6) is -2.74. The van der Waals surface area contributed by atoms with Gasteiger partial charge in [0.05, 0.1) is 6.04 Å². The lowest BCUT2D eigenvalue weighted by molar-refractivity contribution is -0.324. The topological polar surface area (TPSA) is 43.8 Å². The monoisotopic (exact) mass is 442 g/mol. The van der Waals surface area contributed by atoms with Crippen LogP contribution >= 0.6 is 23.8 Å². The number of hydrogen-bond acceptors (Lipinski definition) is 3. The maximum Gasteiger partial charge on any atom is 0.437 e. The normalized spacial score (nSPS) is 25.3. The Kier molecular flexibility index (Phi) is 5.64. The Morgan fingerprint density at radius 3 is 2.17 bits per heavy atom. The van der Waals surface area contributed by atoms with Crippen LogP contribution in [-0.2, 0) is 0 Å². The highest BCUT2D eigenvalue weighted by molar-refractivity contribution is 7.80. The fraction of sp³-hybridized carbons (Fsp3) is 0.300. The van der Waals surface area contributed by atoms with Crippen LogP contribution in [-0.4, -0.2) is 51.8 Å². The minimum atomic E-state index is -5.15. The number of ketones is 1. The molecule has 1 heterocycles. The maximum atomic E-state index is 14.2. The van der Waals surface area contributed by atoms with Crippen LogP contribution in [0.3, 0.4) is 0 Å². The molecular formula is C20H18ClF3N2O2S. The Morgan fingerprint density at radius 2 is 1.66 bits per heavy atom. The van der Waals surface area contributed by atoms with Crippen LogP contribution in [0.2, 0.25) is 5.02 Å². The lowest BCUT2D eigenvalue weighted by atomic mass is 9.76. The standard InChI is InChI=1S/C20H18ClF3N2O2S/c1-25-16(12-8-10-14(21)11-9-12)15(17(27)13-6-4-3-5-7-13)19(28,20(22,23)24)26(2)18(25)29/h3-11,15-16,28H,1-2H3. The van der Waals surface area contributed by atoms with Crippen molar-refractivity contribution in [3.05, 3.63) is 70.7 Å². The minimum absolute atomic E-state index is 0.0637. The molecule has 1 saturated heterocycles. The summed E-state index contributed by atoms with van der Waals surface area (Å²) < 4.78 is 42.6. The van der Waals surface area contributed by atoms with E-state index in [1.807, 2.05) is 0 Å². The van der Waals surface area contributed by atoms with Gasteiger partial charge in [-0.25, -0.2) is 0 Å². The summed E-state index contributed by atoms with van der Waals surface area (Å²) in [5.41, 5.74) is -3.05. The van der Waals surface area contributed by atoms with Crippen molar-refractivity contribution in [2.45, 2.75) is 17.9 Å². The van der Waals surface area contributed by atoms with Crippen molar-refractivity contribution in [3.63, 3.8) is 0 Å². The number of nitrogens with zero attached hydrogens (tertiary/aromatic N) is 2. The number of carbonyl (C=O) groups is 1. The molecule has 1 fully saturated rings. The third kappa shape index (κ3) is 3.49. The molecule has 4 nitrogen and oxygen atoms in total. The van der Waals surface area contributed by atoms with Crippen molar-refractivity contribution in [2.75, 3.05) is 14.1 Å². The van der Waals surface area contributed by atoms with E-state index in [2.05, 4.69) is 0 Å². The predicted octanol–water partition coefficient (Wildman–Crippen LogP) is 4.29. The van der Waals surface area contributed by atoms with E-state index in [1.165, 1.54) is 48.3 Å². The van der Waals surface area contributed by atoms with Gasteiger partial charge in [0.15, 0.2) is 10.9 Å². The molecule has 0 bridgehead atoms. The molecule has 0 radical (unpaired) electrons. The van der Waals surface area contributed by atoms with Crippen molar-refractivity contribution in [3.8, 4) is 0 Å². The van der Waals surface area contributed by atoms with Crippen molar-refractivity contribution < 1.29 is 23.1 Å². The highest BCUT2D eigenvalue weighted by Gasteiger charge is 2.69. The lowest BCUT2D eigenvalue weighted by Crippen LogP contribution is -2.72. The summed E-state index contributed by atoms with van der Waals surface area (Å²) >= 11 is 11.1.